The summed E-state index contributed by atoms with van der Waals surface area (Å²) >= 11 is 0. The summed E-state index contributed by atoms with van der Waals surface area (Å²) in [5.41, 5.74) is 9.82. The molecule has 30 heavy (non-hydrogen) atoms. The zero-order valence-electron chi connectivity index (χ0n) is 17.0. The van der Waals surface area contributed by atoms with Gasteiger partial charge in [-0.3, -0.25) is 14.8 Å². The van der Waals surface area contributed by atoms with Crippen LogP contribution >= 0.6 is 0 Å². The van der Waals surface area contributed by atoms with Gasteiger partial charge in [0.2, 0.25) is 12.3 Å². The molecule has 3 heterocycles. The number of ether oxygens (including phenoxy) is 1. The Hall–Kier alpha value is -4.01. The van der Waals surface area contributed by atoms with E-state index in [0.29, 0.717) is 36.9 Å². The summed E-state index contributed by atoms with van der Waals surface area (Å²) in [7, 11) is 0. The summed E-state index contributed by atoms with van der Waals surface area (Å²) in [4.78, 5) is 26.6. The molecule has 3 aromatic heterocycles. The number of nitrogens with two attached hydrogens (primary N) is 1. The number of aryl methyl sites for hydroxylation is 1. The van der Waals surface area contributed by atoms with Gasteiger partial charge in [0.15, 0.2) is 0 Å². The molecule has 0 atom stereocenters. The van der Waals surface area contributed by atoms with E-state index in [0.717, 1.165) is 22.6 Å². The van der Waals surface area contributed by atoms with Gasteiger partial charge < -0.3 is 21.1 Å². The minimum atomic E-state index is 0.444. The summed E-state index contributed by atoms with van der Waals surface area (Å²) in [5.74, 6) is 0.989. The van der Waals surface area contributed by atoms with Crippen LogP contribution in [0.3, 0.4) is 0 Å². The number of nitrogens with zero attached hydrogens (tertiary/aromatic N) is 4. The highest BCUT2D eigenvalue weighted by atomic mass is 16.5. The lowest BCUT2D eigenvalue weighted by molar-refractivity contribution is -0.105. The monoisotopic (exact) mass is 407 g/mol. The fourth-order valence-electron chi connectivity index (χ4n) is 2.14. The van der Waals surface area contributed by atoms with Gasteiger partial charge in [0.1, 0.15) is 12.4 Å². The Balaban J connectivity index is 0.000000232. The van der Waals surface area contributed by atoms with E-state index >= 15 is 0 Å². The van der Waals surface area contributed by atoms with E-state index in [4.69, 9.17) is 10.5 Å². The molecule has 9 heteroatoms. The Bertz CT molecular complexity index is 962. The molecule has 0 bridgehead atoms. The maximum atomic E-state index is 10.3. The van der Waals surface area contributed by atoms with Crippen molar-refractivity contribution < 1.29 is 9.53 Å². The molecule has 3 aromatic rings. The third kappa shape index (κ3) is 7.93. The van der Waals surface area contributed by atoms with Gasteiger partial charge in [-0.2, -0.15) is 0 Å². The molecule has 0 aliphatic heterocycles. The fourth-order valence-corrected chi connectivity index (χ4v) is 2.14. The van der Waals surface area contributed by atoms with Gasteiger partial charge in [-0.25, -0.2) is 9.97 Å². The van der Waals surface area contributed by atoms with E-state index in [2.05, 4.69) is 37.1 Å². The molecule has 0 aliphatic rings. The predicted octanol–water partition coefficient (Wildman–Crippen LogP) is 2.98. The molecule has 0 fully saturated rings. The third-order valence-electron chi connectivity index (χ3n) is 3.56. The molecular weight excluding hydrogens is 382 g/mol. The van der Waals surface area contributed by atoms with Crippen LogP contribution in [0.15, 0.2) is 61.2 Å². The summed E-state index contributed by atoms with van der Waals surface area (Å²) in [6, 6.07) is 7.15. The second-order valence-corrected chi connectivity index (χ2v) is 6.33. The lowest BCUT2D eigenvalue weighted by Gasteiger charge is -2.08. The SMILES string of the molecule is C=C(C)COc1cnc(C)cn1.Nc1ncccc1NCc1cc(NC=O)ccn1. The van der Waals surface area contributed by atoms with Gasteiger partial charge in [0, 0.05) is 18.1 Å². The summed E-state index contributed by atoms with van der Waals surface area (Å²) in [6.45, 7) is 8.51. The zero-order valence-corrected chi connectivity index (χ0v) is 17.0. The first kappa shape index (κ1) is 22.3. The Morgan fingerprint density at radius 1 is 1.20 bits per heavy atom. The van der Waals surface area contributed by atoms with Crippen molar-refractivity contribution in [1.82, 2.24) is 19.9 Å². The highest BCUT2D eigenvalue weighted by Crippen LogP contribution is 2.15. The van der Waals surface area contributed by atoms with Gasteiger partial charge in [0.25, 0.3) is 0 Å². The molecule has 0 radical (unpaired) electrons. The average molecular weight is 407 g/mol. The van der Waals surface area contributed by atoms with E-state index in [1.807, 2.05) is 19.9 Å². The molecule has 9 nitrogen and oxygen atoms in total. The number of anilines is 3. The molecular formula is C21H25N7O2. The third-order valence-corrected chi connectivity index (χ3v) is 3.56. The van der Waals surface area contributed by atoms with Crippen molar-refractivity contribution in [3.05, 3.63) is 72.6 Å². The van der Waals surface area contributed by atoms with Crippen molar-refractivity contribution in [3.8, 4) is 5.88 Å². The van der Waals surface area contributed by atoms with Crippen LogP contribution in [0.25, 0.3) is 0 Å². The van der Waals surface area contributed by atoms with Gasteiger partial charge in [-0.15, -0.1) is 0 Å². The molecule has 0 spiro atoms. The van der Waals surface area contributed by atoms with Crippen molar-refractivity contribution in [2.75, 3.05) is 23.0 Å². The minimum absolute atomic E-state index is 0.444. The first-order valence-corrected chi connectivity index (χ1v) is 9.13. The Labute approximate surface area is 175 Å². The van der Waals surface area contributed by atoms with E-state index < -0.39 is 0 Å². The normalized spacial score (nSPS) is 9.67. The number of nitrogens with one attached hydrogen (secondary N) is 2. The molecule has 0 aromatic carbocycles. The first-order valence-electron chi connectivity index (χ1n) is 9.13. The Kier molecular flexibility index (Phi) is 8.72. The number of aromatic nitrogens is 4. The van der Waals surface area contributed by atoms with E-state index in [-0.39, 0.29) is 0 Å². The number of carbonyl (C=O) groups excluding carboxylic acids is 1. The Morgan fingerprint density at radius 2 is 2.03 bits per heavy atom. The zero-order chi connectivity index (χ0) is 21.8. The van der Waals surface area contributed by atoms with Crippen molar-refractivity contribution in [2.24, 2.45) is 0 Å². The Morgan fingerprint density at radius 3 is 2.70 bits per heavy atom. The molecule has 156 valence electrons. The molecule has 3 rings (SSSR count). The van der Waals surface area contributed by atoms with Crippen molar-refractivity contribution in [1.29, 1.82) is 0 Å². The van der Waals surface area contributed by atoms with Crippen molar-refractivity contribution in [3.63, 3.8) is 0 Å². The molecule has 4 N–H and O–H groups in total. The molecule has 0 unspecified atom stereocenters. The second kappa shape index (κ2) is 11.7. The van der Waals surface area contributed by atoms with E-state index in [1.165, 1.54) is 0 Å². The summed E-state index contributed by atoms with van der Waals surface area (Å²) < 4.78 is 5.25. The van der Waals surface area contributed by atoms with Crippen LogP contribution in [0, 0.1) is 6.92 Å². The largest absolute Gasteiger partial charge is 0.472 e. The van der Waals surface area contributed by atoms with Gasteiger partial charge >= 0.3 is 0 Å². The topological polar surface area (TPSA) is 128 Å². The maximum Gasteiger partial charge on any atom is 0.232 e. The van der Waals surface area contributed by atoms with Crippen LogP contribution in [0.5, 0.6) is 5.88 Å². The number of hydrogen-bond acceptors (Lipinski definition) is 8. The van der Waals surface area contributed by atoms with Gasteiger partial charge in [-0.05, 0) is 43.7 Å². The number of rotatable bonds is 8. The fraction of sp³-hybridized carbons (Fsp3) is 0.190. The van der Waals surface area contributed by atoms with Gasteiger partial charge in [0.05, 0.1) is 36.0 Å². The summed E-state index contributed by atoms with van der Waals surface area (Å²) in [5, 5.41) is 5.70. The predicted molar refractivity (Wildman–Crippen MR) is 117 cm³/mol. The number of hydrogen-bond donors (Lipinski definition) is 3. The van der Waals surface area contributed by atoms with Gasteiger partial charge in [-0.1, -0.05) is 6.58 Å². The lowest BCUT2D eigenvalue weighted by atomic mass is 10.3. The molecule has 1 amide bonds. The van der Waals surface area contributed by atoms with Crippen LogP contribution in [0.1, 0.15) is 18.3 Å². The molecule has 0 saturated heterocycles. The average Bonchev–Trinajstić information content (AvgIpc) is 2.74. The highest BCUT2D eigenvalue weighted by Gasteiger charge is 2.00. The number of nitrogen functional groups attached to an aromatic ring is 1. The quantitative estimate of drug-likeness (QED) is 0.384. The van der Waals surface area contributed by atoms with E-state index in [9.17, 15) is 4.79 Å². The lowest BCUT2D eigenvalue weighted by Crippen LogP contribution is -2.05. The van der Waals surface area contributed by atoms with E-state index in [1.54, 1.807) is 43.0 Å². The van der Waals surface area contributed by atoms with Crippen molar-refractivity contribution in [2.45, 2.75) is 20.4 Å². The van der Waals surface area contributed by atoms with Crippen LogP contribution in [0.2, 0.25) is 0 Å². The smallest absolute Gasteiger partial charge is 0.232 e. The second-order valence-electron chi connectivity index (χ2n) is 6.33. The standard InChI is InChI=1S/C12H13N5O.C9H12N2O/c13-12-11(2-1-4-15-12)16-7-10-6-9(17-8-18)3-5-14-10;1-7(2)6-12-9-5-10-8(3)4-11-9/h1-6,8,16H,7H2,(H2,13,15)(H,14,17,18);4-5H,1,6H2,2-3H3. The number of carbonyl (C=O) groups is 1. The van der Waals surface area contributed by atoms with Crippen LogP contribution in [-0.4, -0.2) is 33.0 Å². The number of pyridine rings is 2. The van der Waals surface area contributed by atoms with Crippen LogP contribution in [0.4, 0.5) is 17.2 Å². The van der Waals surface area contributed by atoms with Crippen LogP contribution in [-0.2, 0) is 11.3 Å². The minimum Gasteiger partial charge on any atom is -0.472 e. The first-order chi connectivity index (χ1) is 14.5. The number of amides is 1. The highest BCUT2D eigenvalue weighted by molar-refractivity contribution is 5.71. The van der Waals surface area contributed by atoms with Crippen LogP contribution < -0.4 is 21.1 Å². The summed E-state index contributed by atoms with van der Waals surface area (Å²) in [6.07, 6.45) is 7.18. The maximum absolute atomic E-state index is 10.3. The molecule has 0 aliphatic carbocycles. The van der Waals surface area contributed by atoms with Crippen molar-refractivity contribution >= 4 is 23.6 Å². The molecule has 0 saturated carbocycles.